The Morgan fingerprint density at radius 2 is 2.13 bits per heavy atom. The second-order valence-corrected chi connectivity index (χ2v) is 6.99. The summed E-state index contributed by atoms with van der Waals surface area (Å²) < 4.78 is 5.60. The van der Waals surface area contributed by atoms with E-state index in [1.165, 1.54) is 22.7 Å². The molecule has 0 aliphatic heterocycles. The number of rotatable bonds is 9. The quantitative estimate of drug-likeness (QED) is 0.262. The molecule has 1 saturated carbocycles. The SMILES string of the molecule is CCNC(=NCCOCC1CC1)NCCc1nc(C)c(C)s1.I. The monoisotopic (exact) mass is 452 g/mol. The molecule has 0 spiro atoms. The normalized spacial score (nSPS) is 14.5. The van der Waals surface area contributed by atoms with Crippen molar-refractivity contribution in [2.45, 2.75) is 40.0 Å². The van der Waals surface area contributed by atoms with Crippen LogP contribution in [0.15, 0.2) is 4.99 Å². The van der Waals surface area contributed by atoms with Gasteiger partial charge in [0.05, 0.1) is 23.9 Å². The van der Waals surface area contributed by atoms with Gasteiger partial charge in [-0.3, -0.25) is 4.99 Å². The second kappa shape index (κ2) is 11.2. The molecule has 1 aromatic heterocycles. The van der Waals surface area contributed by atoms with Crippen LogP contribution in [-0.4, -0.2) is 43.8 Å². The van der Waals surface area contributed by atoms with Crippen LogP contribution in [0.3, 0.4) is 0 Å². The molecule has 0 atom stereocenters. The summed E-state index contributed by atoms with van der Waals surface area (Å²) in [7, 11) is 0. The molecule has 2 N–H and O–H groups in total. The fraction of sp³-hybridized carbons (Fsp3) is 0.750. The van der Waals surface area contributed by atoms with Crippen molar-refractivity contribution in [3.05, 3.63) is 15.6 Å². The number of hydrogen-bond acceptors (Lipinski definition) is 4. The Labute approximate surface area is 160 Å². The number of ether oxygens (including phenoxy) is 1. The van der Waals surface area contributed by atoms with Gasteiger partial charge in [0.2, 0.25) is 0 Å². The van der Waals surface area contributed by atoms with Gasteiger partial charge in [-0.15, -0.1) is 35.3 Å². The Morgan fingerprint density at radius 1 is 1.35 bits per heavy atom. The molecule has 0 bridgehead atoms. The summed E-state index contributed by atoms with van der Waals surface area (Å²) in [4.78, 5) is 10.4. The van der Waals surface area contributed by atoms with E-state index in [0.29, 0.717) is 13.2 Å². The molecule has 1 aliphatic carbocycles. The standard InChI is InChI=1S/C16H28N4OS.HI/c1-4-17-16(19-9-10-21-11-14-5-6-14)18-8-7-15-20-12(2)13(3)22-15;/h14H,4-11H2,1-3H3,(H2,17,18,19);1H. The molecule has 7 heteroatoms. The van der Waals surface area contributed by atoms with Crippen LogP contribution >= 0.6 is 35.3 Å². The van der Waals surface area contributed by atoms with Gasteiger partial charge in [-0.2, -0.15) is 0 Å². The molecule has 1 aliphatic rings. The van der Waals surface area contributed by atoms with E-state index in [9.17, 15) is 0 Å². The fourth-order valence-corrected chi connectivity index (χ4v) is 2.97. The molecular weight excluding hydrogens is 423 g/mol. The Kier molecular flexibility index (Phi) is 10.0. The van der Waals surface area contributed by atoms with Gasteiger partial charge in [0.25, 0.3) is 0 Å². The van der Waals surface area contributed by atoms with Crippen LogP contribution in [0.1, 0.15) is 35.3 Å². The van der Waals surface area contributed by atoms with Crippen LogP contribution in [0, 0.1) is 19.8 Å². The number of halogens is 1. The molecular formula is C16H29IN4OS. The number of nitrogens with one attached hydrogen (secondary N) is 2. The van der Waals surface area contributed by atoms with Gasteiger partial charge in [0.15, 0.2) is 5.96 Å². The molecule has 0 radical (unpaired) electrons. The minimum absolute atomic E-state index is 0. The Bertz CT molecular complexity index is 469. The summed E-state index contributed by atoms with van der Waals surface area (Å²) in [6.07, 6.45) is 3.61. The van der Waals surface area contributed by atoms with Crippen molar-refractivity contribution in [2.24, 2.45) is 10.9 Å². The van der Waals surface area contributed by atoms with Gasteiger partial charge in [-0.1, -0.05) is 0 Å². The minimum atomic E-state index is 0. The number of nitrogens with zero attached hydrogens (tertiary/aromatic N) is 2. The zero-order chi connectivity index (χ0) is 15.8. The third-order valence-corrected chi connectivity index (χ3v) is 4.74. The van der Waals surface area contributed by atoms with Crippen LogP contribution in [0.25, 0.3) is 0 Å². The average Bonchev–Trinajstić information content (AvgIpc) is 3.25. The van der Waals surface area contributed by atoms with Gasteiger partial charge >= 0.3 is 0 Å². The zero-order valence-electron chi connectivity index (χ0n) is 14.4. The number of aliphatic imine (C=N–C) groups is 1. The molecule has 1 aromatic rings. The maximum absolute atomic E-state index is 5.60. The van der Waals surface area contributed by atoms with E-state index in [4.69, 9.17) is 4.74 Å². The first-order chi connectivity index (χ1) is 10.7. The van der Waals surface area contributed by atoms with Crippen molar-refractivity contribution in [1.82, 2.24) is 15.6 Å². The van der Waals surface area contributed by atoms with E-state index < -0.39 is 0 Å². The van der Waals surface area contributed by atoms with E-state index >= 15 is 0 Å². The highest BCUT2D eigenvalue weighted by molar-refractivity contribution is 14.0. The summed E-state index contributed by atoms with van der Waals surface area (Å²) in [5.41, 5.74) is 1.15. The van der Waals surface area contributed by atoms with Crippen molar-refractivity contribution in [3.8, 4) is 0 Å². The lowest BCUT2D eigenvalue weighted by Crippen LogP contribution is -2.38. The smallest absolute Gasteiger partial charge is 0.191 e. The zero-order valence-corrected chi connectivity index (χ0v) is 17.5. The van der Waals surface area contributed by atoms with Crippen molar-refractivity contribution < 1.29 is 4.74 Å². The highest BCUT2D eigenvalue weighted by Gasteiger charge is 2.20. The molecule has 0 aromatic carbocycles. The molecule has 132 valence electrons. The van der Waals surface area contributed by atoms with Gasteiger partial charge in [0, 0.05) is 31.0 Å². The molecule has 23 heavy (non-hydrogen) atoms. The number of guanidine groups is 1. The lowest BCUT2D eigenvalue weighted by Gasteiger charge is -2.10. The van der Waals surface area contributed by atoms with Crippen molar-refractivity contribution >= 4 is 41.3 Å². The van der Waals surface area contributed by atoms with Gasteiger partial charge in [-0.05, 0) is 39.5 Å². The number of aryl methyl sites for hydroxylation is 2. The molecule has 2 rings (SSSR count). The number of hydrogen-bond donors (Lipinski definition) is 2. The van der Waals surface area contributed by atoms with Crippen molar-refractivity contribution in [2.75, 3.05) is 32.8 Å². The molecule has 0 unspecified atom stereocenters. The predicted molar refractivity (Wildman–Crippen MR) is 108 cm³/mol. The van der Waals surface area contributed by atoms with Gasteiger partial charge in [-0.25, -0.2) is 4.98 Å². The third kappa shape index (κ3) is 8.30. The third-order valence-electron chi connectivity index (χ3n) is 3.60. The second-order valence-electron chi connectivity index (χ2n) is 5.70. The Hall–Kier alpha value is -0.410. The van der Waals surface area contributed by atoms with E-state index in [0.717, 1.165) is 43.7 Å². The van der Waals surface area contributed by atoms with Crippen LogP contribution in [0.5, 0.6) is 0 Å². The average molecular weight is 452 g/mol. The highest BCUT2D eigenvalue weighted by Crippen LogP contribution is 2.28. The minimum Gasteiger partial charge on any atom is -0.379 e. The van der Waals surface area contributed by atoms with E-state index in [-0.39, 0.29) is 24.0 Å². The summed E-state index contributed by atoms with van der Waals surface area (Å²) in [6, 6.07) is 0. The molecule has 0 saturated heterocycles. The molecule has 5 nitrogen and oxygen atoms in total. The maximum atomic E-state index is 5.60. The van der Waals surface area contributed by atoms with Crippen molar-refractivity contribution in [1.29, 1.82) is 0 Å². The van der Waals surface area contributed by atoms with Crippen LogP contribution in [0.2, 0.25) is 0 Å². The Balaban J connectivity index is 0.00000264. The predicted octanol–water partition coefficient (Wildman–Crippen LogP) is 2.90. The van der Waals surface area contributed by atoms with Crippen LogP contribution in [0.4, 0.5) is 0 Å². The van der Waals surface area contributed by atoms with E-state index in [1.54, 1.807) is 11.3 Å². The largest absolute Gasteiger partial charge is 0.379 e. The molecule has 1 heterocycles. The summed E-state index contributed by atoms with van der Waals surface area (Å²) in [5, 5.41) is 7.81. The Morgan fingerprint density at radius 3 is 2.74 bits per heavy atom. The fourth-order valence-electron chi connectivity index (χ4n) is 2.03. The number of thiazole rings is 1. The maximum Gasteiger partial charge on any atom is 0.191 e. The van der Waals surface area contributed by atoms with Crippen LogP contribution in [-0.2, 0) is 11.2 Å². The first-order valence-electron chi connectivity index (χ1n) is 8.22. The summed E-state index contributed by atoms with van der Waals surface area (Å²) in [5.74, 6) is 1.68. The molecule has 1 fully saturated rings. The number of aromatic nitrogens is 1. The van der Waals surface area contributed by atoms with Crippen LogP contribution < -0.4 is 10.6 Å². The van der Waals surface area contributed by atoms with Crippen molar-refractivity contribution in [3.63, 3.8) is 0 Å². The topological polar surface area (TPSA) is 58.5 Å². The van der Waals surface area contributed by atoms with Gasteiger partial charge in [0.1, 0.15) is 0 Å². The lowest BCUT2D eigenvalue weighted by atomic mass is 10.4. The lowest BCUT2D eigenvalue weighted by molar-refractivity contribution is 0.131. The van der Waals surface area contributed by atoms with E-state index in [1.807, 2.05) is 0 Å². The highest BCUT2D eigenvalue weighted by atomic mass is 127. The first kappa shape index (κ1) is 20.6. The first-order valence-corrected chi connectivity index (χ1v) is 9.03. The summed E-state index contributed by atoms with van der Waals surface area (Å²) >= 11 is 1.78. The summed E-state index contributed by atoms with van der Waals surface area (Å²) in [6.45, 7) is 10.3. The van der Waals surface area contributed by atoms with E-state index in [2.05, 4.69) is 41.4 Å². The van der Waals surface area contributed by atoms with Gasteiger partial charge < -0.3 is 15.4 Å². The molecule has 0 amide bonds.